The van der Waals surface area contributed by atoms with E-state index in [0.717, 1.165) is 6.07 Å². The van der Waals surface area contributed by atoms with Crippen LogP contribution in [0.4, 0.5) is 4.39 Å². The van der Waals surface area contributed by atoms with Crippen LogP contribution in [-0.4, -0.2) is 16.8 Å². The number of aromatic hydroxyl groups is 1. The first-order chi connectivity index (χ1) is 6.11. The molecule has 0 heterocycles. The number of rotatable bonds is 2. The summed E-state index contributed by atoms with van der Waals surface area (Å²) in [6, 6.07) is 3.76. The zero-order valence-electron chi connectivity index (χ0n) is 7.29. The summed E-state index contributed by atoms with van der Waals surface area (Å²) >= 11 is 0. The van der Waals surface area contributed by atoms with Crippen LogP contribution in [0.5, 0.6) is 5.75 Å². The van der Waals surface area contributed by atoms with Crippen molar-refractivity contribution in [3.05, 3.63) is 35.2 Å². The summed E-state index contributed by atoms with van der Waals surface area (Å²) in [4.78, 5) is 0. The number of phenols is 1. The van der Waals surface area contributed by atoms with Gasteiger partial charge in [-0.05, 0) is 30.2 Å². The molecule has 0 aliphatic heterocycles. The Kier molecular flexibility index (Phi) is 3.03. The van der Waals surface area contributed by atoms with Gasteiger partial charge in [-0.2, -0.15) is 0 Å². The second-order valence-corrected chi connectivity index (χ2v) is 2.89. The van der Waals surface area contributed by atoms with Crippen LogP contribution in [0, 0.1) is 5.82 Å². The lowest BCUT2D eigenvalue weighted by Gasteiger charge is -1.98. The molecule has 0 aliphatic carbocycles. The zero-order chi connectivity index (χ0) is 9.84. The summed E-state index contributed by atoms with van der Waals surface area (Å²) in [7, 11) is 0. The fourth-order valence-electron chi connectivity index (χ4n) is 1.01. The minimum atomic E-state index is -0.489. The molecule has 0 spiro atoms. The molecule has 1 aromatic rings. The molecule has 0 saturated heterocycles. The third-order valence-corrected chi connectivity index (χ3v) is 1.57. The van der Waals surface area contributed by atoms with Crippen LogP contribution < -0.4 is 0 Å². The maximum absolute atomic E-state index is 12.7. The summed E-state index contributed by atoms with van der Waals surface area (Å²) in [6.45, 7) is 1.65. The van der Waals surface area contributed by atoms with Gasteiger partial charge in [-0.25, -0.2) is 4.39 Å². The first-order valence-corrected chi connectivity index (χ1v) is 3.89. The van der Waals surface area contributed by atoms with Gasteiger partial charge in [-0.3, -0.25) is 0 Å². The highest BCUT2D eigenvalue weighted by Crippen LogP contribution is 2.16. The van der Waals surface area contributed by atoms with Gasteiger partial charge in [0.15, 0.2) is 0 Å². The number of benzene rings is 1. The van der Waals surface area contributed by atoms with E-state index in [9.17, 15) is 4.39 Å². The highest BCUT2D eigenvalue weighted by molar-refractivity contribution is 5.54. The van der Waals surface area contributed by atoms with Crippen molar-refractivity contribution in [3.8, 4) is 5.75 Å². The van der Waals surface area contributed by atoms with Crippen molar-refractivity contribution in [3.63, 3.8) is 0 Å². The topological polar surface area (TPSA) is 40.5 Å². The molecule has 0 saturated carbocycles. The molecule has 1 aromatic carbocycles. The van der Waals surface area contributed by atoms with Crippen LogP contribution in [-0.2, 0) is 0 Å². The van der Waals surface area contributed by atoms with Crippen molar-refractivity contribution in [2.75, 3.05) is 6.61 Å². The molecule has 0 radical (unpaired) electrons. The molecular formula is C10H11FO2. The minimum absolute atomic E-state index is 0.0721. The summed E-state index contributed by atoms with van der Waals surface area (Å²) in [5.41, 5.74) is 1.26. The van der Waals surface area contributed by atoms with Crippen LogP contribution in [0.3, 0.4) is 0 Å². The predicted octanol–water partition coefficient (Wildman–Crippen LogP) is 1.93. The van der Waals surface area contributed by atoms with E-state index in [1.165, 1.54) is 12.1 Å². The largest absolute Gasteiger partial charge is 0.508 e. The van der Waals surface area contributed by atoms with E-state index in [2.05, 4.69) is 0 Å². The molecular weight excluding hydrogens is 171 g/mol. The van der Waals surface area contributed by atoms with E-state index in [1.54, 1.807) is 13.0 Å². The number of phenolic OH excluding ortho intramolecular Hbond substituents is 1. The van der Waals surface area contributed by atoms with E-state index in [1.807, 2.05) is 0 Å². The maximum Gasteiger partial charge on any atom is 0.127 e. The van der Waals surface area contributed by atoms with Crippen LogP contribution in [0.25, 0.3) is 6.08 Å². The van der Waals surface area contributed by atoms with Gasteiger partial charge in [0.05, 0.1) is 6.61 Å². The van der Waals surface area contributed by atoms with Gasteiger partial charge in [-0.15, -0.1) is 0 Å². The Morgan fingerprint density at radius 1 is 1.46 bits per heavy atom. The first kappa shape index (κ1) is 9.74. The highest BCUT2D eigenvalue weighted by atomic mass is 19.1. The number of aliphatic hydroxyl groups is 1. The smallest absolute Gasteiger partial charge is 0.127 e. The lowest BCUT2D eigenvalue weighted by Crippen LogP contribution is -1.84. The normalized spacial score (nSPS) is 11.8. The van der Waals surface area contributed by atoms with Crippen molar-refractivity contribution in [2.24, 2.45) is 0 Å². The Labute approximate surface area is 76.0 Å². The number of hydrogen-bond acceptors (Lipinski definition) is 2. The Morgan fingerprint density at radius 2 is 2.15 bits per heavy atom. The van der Waals surface area contributed by atoms with Gasteiger partial charge in [-0.1, -0.05) is 6.08 Å². The van der Waals surface area contributed by atoms with Crippen LogP contribution >= 0.6 is 0 Å². The first-order valence-electron chi connectivity index (χ1n) is 3.89. The SMILES string of the molecule is C/C(=C/c1cc(O)cc(F)c1)CO. The minimum Gasteiger partial charge on any atom is -0.508 e. The molecule has 3 heteroatoms. The maximum atomic E-state index is 12.7. The molecule has 0 aromatic heterocycles. The van der Waals surface area contributed by atoms with E-state index >= 15 is 0 Å². The third-order valence-electron chi connectivity index (χ3n) is 1.57. The zero-order valence-corrected chi connectivity index (χ0v) is 7.29. The average molecular weight is 182 g/mol. The van der Waals surface area contributed by atoms with E-state index in [0.29, 0.717) is 11.1 Å². The Bertz CT molecular complexity index is 311. The Hall–Kier alpha value is -1.35. The molecule has 0 atom stereocenters. The van der Waals surface area contributed by atoms with Crippen LogP contribution in [0.2, 0.25) is 0 Å². The van der Waals surface area contributed by atoms with E-state index in [-0.39, 0.29) is 12.4 Å². The Balaban J connectivity index is 3.02. The van der Waals surface area contributed by atoms with E-state index in [4.69, 9.17) is 10.2 Å². The third kappa shape index (κ3) is 2.87. The van der Waals surface area contributed by atoms with Crippen molar-refractivity contribution in [2.45, 2.75) is 6.92 Å². The summed E-state index contributed by atoms with van der Waals surface area (Å²) < 4.78 is 12.7. The van der Waals surface area contributed by atoms with Gasteiger partial charge < -0.3 is 10.2 Å². The molecule has 13 heavy (non-hydrogen) atoms. The molecule has 0 bridgehead atoms. The van der Waals surface area contributed by atoms with Gasteiger partial charge >= 0.3 is 0 Å². The molecule has 1 rings (SSSR count). The standard InChI is InChI=1S/C10H11FO2/c1-7(6-12)2-8-3-9(11)5-10(13)4-8/h2-5,12-13H,6H2,1H3/b7-2-. The molecule has 0 fully saturated rings. The van der Waals surface area contributed by atoms with Gasteiger partial charge in [0.1, 0.15) is 11.6 Å². The van der Waals surface area contributed by atoms with Crippen molar-refractivity contribution < 1.29 is 14.6 Å². The molecule has 70 valence electrons. The molecule has 2 N–H and O–H groups in total. The van der Waals surface area contributed by atoms with Gasteiger partial charge in [0, 0.05) is 6.07 Å². The van der Waals surface area contributed by atoms with E-state index < -0.39 is 5.82 Å². The predicted molar refractivity (Wildman–Crippen MR) is 48.8 cm³/mol. The lowest BCUT2D eigenvalue weighted by atomic mass is 10.1. The van der Waals surface area contributed by atoms with Crippen LogP contribution in [0.15, 0.2) is 23.8 Å². The number of halogens is 1. The fraction of sp³-hybridized carbons (Fsp3) is 0.200. The van der Waals surface area contributed by atoms with Crippen molar-refractivity contribution in [1.82, 2.24) is 0 Å². The summed E-state index contributed by atoms with van der Waals surface area (Å²) in [5, 5.41) is 17.8. The number of hydrogen-bond donors (Lipinski definition) is 2. The lowest BCUT2D eigenvalue weighted by molar-refractivity contribution is 0.332. The Morgan fingerprint density at radius 3 is 2.69 bits per heavy atom. The monoisotopic (exact) mass is 182 g/mol. The summed E-state index contributed by atoms with van der Waals surface area (Å²) in [6.07, 6.45) is 1.61. The quantitative estimate of drug-likeness (QED) is 0.733. The summed E-state index contributed by atoms with van der Waals surface area (Å²) in [5.74, 6) is -0.603. The van der Waals surface area contributed by atoms with Gasteiger partial charge in [0.2, 0.25) is 0 Å². The number of aliphatic hydroxyl groups excluding tert-OH is 1. The molecule has 0 amide bonds. The second kappa shape index (κ2) is 4.05. The molecule has 2 nitrogen and oxygen atoms in total. The highest BCUT2D eigenvalue weighted by Gasteiger charge is 1.97. The van der Waals surface area contributed by atoms with Gasteiger partial charge in [0.25, 0.3) is 0 Å². The van der Waals surface area contributed by atoms with Crippen LogP contribution in [0.1, 0.15) is 12.5 Å². The fourth-order valence-corrected chi connectivity index (χ4v) is 1.01. The molecule has 0 unspecified atom stereocenters. The second-order valence-electron chi connectivity index (χ2n) is 2.89. The molecule has 0 aliphatic rings. The van der Waals surface area contributed by atoms with Crippen molar-refractivity contribution in [1.29, 1.82) is 0 Å². The van der Waals surface area contributed by atoms with Crippen molar-refractivity contribution >= 4 is 6.08 Å². The average Bonchev–Trinajstić information content (AvgIpc) is 2.02.